The van der Waals surface area contributed by atoms with Crippen LogP contribution in [0.2, 0.25) is 0 Å². The van der Waals surface area contributed by atoms with E-state index in [1.165, 1.54) is 28.0 Å². The van der Waals surface area contributed by atoms with E-state index in [2.05, 4.69) is 6.92 Å². The number of aryl methyl sites for hydroxylation is 1. The second-order valence-electron chi connectivity index (χ2n) is 6.02. The van der Waals surface area contributed by atoms with Crippen molar-refractivity contribution in [2.45, 2.75) is 19.1 Å². The third kappa shape index (κ3) is 3.38. The molecule has 0 N–H and O–H groups in total. The Labute approximate surface area is 165 Å². The number of nitrogens with zero attached hydrogens (tertiary/aromatic N) is 1. The van der Waals surface area contributed by atoms with Crippen LogP contribution >= 0.6 is 23.1 Å². The molecule has 0 atom stereocenters. The summed E-state index contributed by atoms with van der Waals surface area (Å²) in [5, 5.41) is 1.91. The van der Waals surface area contributed by atoms with Crippen molar-refractivity contribution in [2.75, 3.05) is 4.90 Å². The van der Waals surface area contributed by atoms with Crippen molar-refractivity contribution in [3.63, 3.8) is 0 Å². The van der Waals surface area contributed by atoms with Gasteiger partial charge in [-0.25, -0.2) is 4.90 Å². The number of anilines is 1. The Morgan fingerprint density at radius 3 is 2.48 bits per heavy atom. The first-order chi connectivity index (χ1) is 13.2. The highest BCUT2D eigenvalue weighted by molar-refractivity contribution is 8.03. The Morgan fingerprint density at radius 2 is 1.85 bits per heavy atom. The summed E-state index contributed by atoms with van der Waals surface area (Å²) >= 11 is 2.81. The van der Waals surface area contributed by atoms with Crippen molar-refractivity contribution in [1.82, 2.24) is 0 Å². The van der Waals surface area contributed by atoms with Crippen molar-refractivity contribution >= 4 is 46.2 Å². The van der Waals surface area contributed by atoms with Crippen LogP contribution in [0.3, 0.4) is 0 Å². The maximum atomic E-state index is 13.2. The maximum absolute atomic E-state index is 13.2. The molecule has 0 saturated carbocycles. The van der Waals surface area contributed by atoms with E-state index in [9.17, 15) is 9.59 Å². The predicted octanol–water partition coefficient (Wildman–Crippen LogP) is 5.12. The average molecular weight is 396 g/mol. The number of benzene rings is 1. The van der Waals surface area contributed by atoms with Crippen LogP contribution in [0.5, 0.6) is 0 Å². The molecule has 3 heterocycles. The minimum Gasteiger partial charge on any atom is -0.468 e. The monoisotopic (exact) mass is 395 g/mol. The third-order valence-electron chi connectivity index (χ3n) is 4.35. The molecule has 1 aliphatic heterocycles. The molecular formula is C21H17NO3S2. The zero-order chi connectivity index (χ0) is 18.8. The highest BCUT2D eigenvalue weighted by atomic mass is 32.2. The molecule has 4 rings (SSSR count). The fourth-order valence-electron chi connectivity index (χ4n) is 2.93. The van der Waals surface area contributed by atoms with Crippen LogP contribution in [0.1, 0.15) is 23.1 Å². The molecule has 0 bridgehead atoms. The average Bonchev–Trinajstić information content (AvgIpc) is 3.42. The second-order valence-corrected chi connectivity index (χ2v) is 7.95. The molecule has 6 heteroatoms. The van der Waals surface area contributed by atoms with E-state index in [0.717, 1.165) is 22.6 Å². The molecule has 3 aromatic rings. The molecule has 0 saturated heterocycles. The SMILES string of the molecule is CCc1ccc(N2C(=O)C(SCc3ccco3)=C(c3cccs3)C2=O)cc1. The number of amides is 2. The lowest BCUT2D eigenvalue weighted by Gasteiger charge is -2.15. The van der Waals surface area contributed by atoms with Gasteiger partial charge in [0, 0.05) is 4.88 Å². The molecule has 0 fully saturated rings. The summed E-state index contributed by atoms with van der Waals surface area (Å²) in [4.78, 5) is 28.9. The lowest BCUT2D eigenvalue weighted by atomic mass is 10.1. The fraction of sp³-hybridized carbons (Fsp3) is 0.143. The van der Waals surface area contributed by atoms with Crippen LogP contribution in [0, 0.1) is 0 Å². The number of thioether (sulfide) groups is 1. The van der Waals surface area contributed by atoms with E-state index in [1.54, 1.807) is 6.26 Å². The molecule has 1 aliphatic rings. The van der Waals surface area contributed by atoms with Gasteiger partial charge in [0.1, 0.15) is 5.76 Å². The lowest BCUT2D eigenvalue weighted by Crippen LogP contribution is -2.31. The van der Waals surface area contributed by atoms with Crippen molar-refractivity contribution < 1.29 is 14.0 Å². The maximum Gasteiger partial charge on any atom is 0.272 e. The van der Waals surface area contributed by atoms with E-state index < -0.39 is 0 Å². The highest BCUT2D eigenvalue weighted by Crippen LogP contribution is 2.40. The number of thiophene rings is 1. The fourth-order valence-corrected chi connectivity index (χ4v) is 4.77. The van der Waals surface area contributed by atoms with E-state index in [1.807, 2.05) is 53.9 Å². The van der Waals surface area contributed by atoms with Gasteiger partial charge in [0.25, 0.3) is 11.8 Å². The largest absolute Gasteiger partial charge is 0.468 e. The summed E-state index contributed by atoms with van der Waals surface area (Å²) in [6.45, 7) is 2.07. The first kappa shape index (κ1) is 17.8. The van der Waals surface area contributed by atoms with Crippen molar-refractivity contribution in [1.29, 1.82) is 0 Å². The second kappa shape index (κ2) is 7.58. The molecule has 2 aromatic heterocycles. The number of hydrogen-bond donors (Lipinski definition) is 0. The van der Waals surface area contributed by atoms with Crippen LogP contribution in [-0.2, 0) is 21.8 Å². The number of hydrogen-bond acceptors (Lipinski definition) is 5. The summed E-state index contributed by atoms with van der Waals surface area (Å²) < 4.78 is 5.37. The van der Waals surface area contributed by atoms with Crippen molar-refractivity contribution in [3.05, 3.63) is 81.3 Å². The predicted molar refractivity (Wildman–Crippen MR) is 110 cm³/mol. The summed E-state index contributed by atoms with van der Waals surface area (Å²) in [6.07, 6.45) is 2.51. The van der Waals surface area contributed by atoms with Crippen LogP contribution in [-0.4, -0.2) is 11.8 Å². The molecule has 2 amide bonds. The van der Waals surface area contributed by atoms with Gasteiger partial charge in [0.15, 0.2) is 0 Å². The van der Waals surface area contributed by atoms with E-state index in [4.69, 9.17) is 4.42 Å². The van der Waals surface area contributed by atoms with Gasteiger partial charge in [-0.3, -0.25) is 9.59 Å². The lowest BCUT2D eigenvalue weighted by molar-refractivity contribution is -0.119. The van der Waals surface area contributed by atoms with Gasteiger partial charge in [0.05, 0.1) is 28.2 Å². The van der Waals surface area contributed by atoms with Gasteiger partial charge < -0.3 is 4.42 Å². The molecule has 136 valence electrons. The minimum absolute atomic E-state index is 0.270. The zero-order valence-electron chi connectivity index (χ0n) is 14.7. The number of furan rings is 1. The molecule has 27 heavy (non-hydrogen) atoms. The first-order valence-corrected chi connectivity index (χ1v) is 10.5. The minimum atomic E-state index is -0.274. The van der Waals surface area contributed by atoms with Crippen LogP contribution < -0.4 is 4.90 Å². The Morgan fingerprint density at radius 1 is 1.04 bits per heavy atom. The van der Waals surface area contributed by atoms with Crippen LogP contribution in [0.15, 0.2) is 69.5 Å². The van der Waals surface area contributed by atoms with Gasteiger partial charge >= 0.3 is 0 Å². The molecular weight excluding hydrogens is 378 g/mol. The molecule has 0 aliphatic carbocycles. The van der Waals surface area contributed by atoms with E-state index >= 15 is 0 Å². The normalized spacial score (nSPS) is 14.5. The summed E-state index contributed by atoms with van der Waals surface area (Å²) in [7, 11) is 0. The van der Waals surface area contributed by atoms with Crippen LogP contribution in [0.25, 0.3) is 5.57 Å². The third-order valence-corrected chi connectivity index (χ3v) is 6.33. The number of rotatable bonds is 6. The van der Waals surface area contributed by atoms with Crippen molar-refractivity contribution in [2.24, 2.45) is 0 Å². The van der Waals surface area contributed by atoms with E-state index in [0.29, 0.717) is 21.9 Å². The van der Waals surface area contributed by atoms with Gasteiger partial charge in [-0.1, -0.05) is 25.1 Å². The van der Waals surface area contributed by atoms with Crippen molar-refractivity contribution in [3.8, 4) is 0 Å². The summed E-state index contributed by atoms with van der Waals surface area (Å²) in [5.41, 5.74) is 2.24. The van der Waals surface area contributed by atoms with E-state index in [-0.39, 0.29) is 11.8 Å². The Balaban J connectivity index is 1.69. The highest BCUT2D eigenvalue weighted by Gasteiger charge is 2.40. The van der Waals surface area contributed by atoms with Gasteiger partial charge in [-0.15, -0.1) is 23.1 Å². The number of imide groups is 1. The standard InChI is InChI=1S/C21H17NO3S2/c1-2-14-7-9-15(10-8-14)22-20(23)18(17-6-4-12-26-17)19(21(22)24)27-13-16-5-3-11-25-16/h3-12H,2,13H2,1H3. The molecule has 0 unspecified atom stereocenters. The Bertz CT molecular complexity index is 987. The number of carbonyl (C=O) groups excluding carboxylic acids is 2. The molecule has 4 nitrogen and oxygen atoms in total. The topological polar surface area (TPSA) is 50.5 Å². The first-order valence-electron chi connectivity index (χ1n) is 8.60. The van der Waals surface area contributed by atoms with Gasteiger partial charge in [-0.2, -0.15) is 0 Å². The number of carbonyl (C=O) groups is 2. The van der Waals surface area contributed by atoms with Gasteiger partial charge in [-0.05, 0) is 47.7 Å². The molecule has 0 radical (unpaired) electrons. The smallest absolute Gasteiger partial charge is 0.272 e. The summed E-state index contributed by atoms with van der Waals surface area (Å²) in [5.74, 6) is 0.723. The Kier molecular flexibility index (Phi) is 5.01. The Hall–Kier alpha value is -2.57. The molecule has 0 spiro atoms. The zero-order valence-corrected chi connectivity index (χ0v) is 16.3. The molecule has 1 aromatic carbocycles. The quantitative estimate of drug-likeness (QED) is 0.544. The van der Waals surface area contributed by atoms with Gasteiger partial charge in [0.2, 0.25) is 0 Å². The van der Waals surface area contributed by atoms with Crippen LogP contribution in [0.4, 0.5) is 5.69 Å². The summed E-state index contributed by atoms with van der Waals surface area (Å²) in [6, 6.07) is 15.0.